The number of carbonyl (C=O) groups excluding carboxylic acids is 1. The highest BCUT2D eigenvalue weighted by Crippen LogP contribution is 2.30. The maximum Gasteiger partial charge on any atom is 0.245 e. The third kappa shape index (κ3) is 4.89. The van der Waals surface area contributed by atoms with Crippen LogP contribution in [-0.2, 0) is 14.8 Å². The van der Waals surface area contributed by atoms with Gasteiger partial charge in [-0.15, -0.1) is 0 Å². The molecular formula is C18H21ClN2O4S. The molecule has 0 unspecified atom stereocenters. The number of rotatable bonds is 6. The number of amides is 1. The normalized spacial score (nSPS) is 11.1. The maximum atomic E-state index is 12.4. The van der Waals surface area contributed by atoms with Crippen molar-refractivity contribution in [3.63, 3.8) is 0 Å². The van der Waals surface area contributed by atoms with Crippen LogP contribution in [0.25, 0.3) is 0 Å². The van der Waals surface area contributed by atoms with Crippen molar-refractivity contribution >= 4 is 38.9 Å². The molecule has 0 fully saturated rings. The van der Waals surface area contributed by atoms with E-state index in [9.17, 15) is 13.2 Å². The molecule has 0 spiro atoms. The van der Waals surface area contributed by atoms with Gasteiger partial charge in [0.15, 0.2) is 0 Å². The Morgan fingerprint density at radius 3 is 2.38 bits per heavy atom. The first-order chi connectivity index (χ1) is 12.1. The summed E-state index contributed by atoms with van der Waals surface area (Å²) < 4.78 is 30.4. The monoisotopic (exact) mass is 396 g/mol. The lowest BCUT2D eigenvalue weighted by Gasteiger charge is -2.22. The van der Waals surface area contributed by atoms with Crippen molar-refractivity contribution in [2.24, 2.45) is 0 Å². The molecule has 0 aliphatic carbocycles. The van der Waals surface area contributed by atoms with Crippen LogP contribution < -0.4 is 14.4 Å². The number of carbonyl (C=O) groups is 1. The number of hydrogen-bond acceptors (Lipinski definition) is 4. The second-order valence-corrected chi connectivity index (χ2v) is 8.25. The van der Waals surface area contributed by atoms with E-state index < -0.39 is 15.9 Å². The molecule has 6 nitrogen and oxygen atoms in total. The SMILES string of the molecule is COc1ccc(N(CC(=O)Nc2ccc(C)c(C)c2)S(C)(=O)=O)cc1Cl. The molecule has 140 valence electrons. The average Bonchev–Trinajstić information content (AvgIpc) is 2.55. The van der Waals surface area contributed by atoms with Gasteiger partial charge in [-0.05, 0) is 55.3 Å². The van der Waals surface area contributed by atoms with Crippen LogP contribution in [0.4, 0.5) is 11.4 Å². The quantitative estimate of drug-likeness (QED) is 0.812. The highest BCUT2D eigenvalue weighted by atomic mass is 35.5. The summed E-state index contributed by atoms with van der Waals surface area (Å²) in [5.41, 5.74) is 3.03. The number of nitrogens with zero attached hydrogens (tertiary/aromatic N) is 1. The van der Waals surface area contributed by atoms with Gasteiger partial charge >= 0.3 is 0 Å². The van der Waals surface area contributed by atoms with Crippen LogP contribution in [0, 0.1) is 13.8 Å². The number of halogens is 1. The molecule has 0 atom stereocenters. The van der Waals surface area contributed by atoms with Crippen LogP contribution in [0.5, 0.6) is 5.75 Å². The maximum absolute atomic E-state index is 12.4. The second-order valence-electron chi connectivity index (χ2n) is 5.94. The van der Waals surface area contributed by atoms with Crippen LogP contribution in [-0.4, -0.2) is 34.2 Å². The molecule has 2 aromatic rings. The van der Waals surface area contributed by atoms with E-state index in [0.717, 1.165) is 21.7 Å². The molecule has 0 aliphatic heterocycles. The summed E-state index contributed by atoms with van der Waals surface area (Å²) in [5.74, 6) is -0.0333. The zero-order valence-corrected chi connectivity index (χ0v) is 16.6. The van der Waals surface area contributed by atoms with E-state index in [-0.39, 0.29) is 17.3 Å². The Morgan fingerprint density at radius 1 is 1.15 bits per heavy atom. The van der Waals surface area contributed by atoms with Crippen molar-refractivity contribution in [3.8, 4) is 5.75 Å². The Labute approximate surface area is 158 Å². The van der Waals surface area contributed by atoms with Crippen molar-refractivity contribution in [2.45, 2.75) is 13.8 Å². The Balaban J connectivity index is 2.24. The van der Waals surface area contributed by atoms with Crippen LogP contribution in [0.15, 0.2) is 36.4 Å². The van der Waals surface area contributed by atoms with Crippen molar-refractivity contribution in [3.05, 3.63) is 52.5 Å². The van der Waals surface area contributed by atoms with Crippen molar-refractivity contribution in [1.29, 1.82) is 0 Å². The summed E-state index contributed by atoms with van der Waals surface area (Å²) in [7, 11) is -2.22. The predicted molar refractivity (Wildman–Crippen MR) is 105 cm³/mol. The fourth-order valence-corrected chi connectivity index (χ4v) is 3.46. The Hall–Kier alpha value is -2.25. The summed E-state index contributed by atoms with van der Waals surface area (Å²) in [6.07, 6.45) is 1.04. The second kappa shape index (κ2) is 7.97. The van der Waals surface area contributed by atoms with Crippen molar-refractivity contribution < 1.29 is 17.9 Å². The van der Waals surface area contributed by atoms with Crippen LogP contribution in [0.1, 0.15) is 11.1 Å². The number of anilines is 2. The molecule has 26 heavy (non-hydrogen) atoms. The van der Waals surface area contributed by atoms with Gasteiger partial charge in [0.05, 0.1) is 24.1 Å². The largest absolute Gasteiger partial charge is 0.495 e. The first-order valence-electron chi connectivity index (χ1n) is 7.80. The Bertz CT molecular complexity index is 929. The smallest absolute Gasteiger partial charge is 0.245 e. The Kier molecular flexibility index (Phi) is 6.15. The van der Waals surface area contributed by atoms with E-state index in [1.165, 1.54) is 19.2 Å². The molecule has 1 N–H and O–H groups in total. The van der Waals surface area contributed by atoms with Crippen LogP contribution >= 0.6 is 11.6 Å². The van der Waals surface area contributed by atoms with E-state index in [4.69, 9.17) is 16.3 Å². The number of ether oxygens (including phenoxy) is 1. The summed E-state index contributed by atoms with van der Waals surface area (Å²) in [5, 5.41) is 2.97. The van der Waals surface area contributed by atoms with Gasteiger partial charge < -0.3 is 10.1 Å². The summed E-state index contributed by atoms with van der Waals surface area (Å²) in [4.78, 5) is 12.4. The number of nitrogens with one attached hydrogen (secondary N) is 1. The summed E-state index contributed by atoms with van der Waals surface area (Å²) >= 11 is 6.08. The summed E-state index contributed by atoms with van der Waals surface area (Å²) in [6.45, 7) is 3.54. The third-order valence-corrected chi connectivity index (χ3v) is 5.34. The van der Waals surface area contributed by atoms with E-state index in [0.29, 0.717) is 11.4 Å². The van der Waals surface area contributed by atoms with Gasteiger partial charge in [-0.1, -0.05) is 17.7 Å². The number of methoxy groups -OCH3 is 1. The molecule has 0 saturated carbocycles. The molecule has 0 radical (unpaired) electrons. The number of hydrogen-bond donors (Lipinski definition) is 1. The molecule has 0 aromatic heterocycles. The predicted octanol–water partition coefficient (Wildman–Crippen LogP) is 3.37. The fourth-order valence-electron chi connectivity index (χ4n) is 2.36. The highest BCUT2D eigenvalue weighted by Gasteiger charge is 2.22. The molecule has 1 amide bonds. The van der Waals surface area contributed by atoms with Gasteiger partial charge in [0, 0.05) is 5.69 Å². The minimum atomic E-state index is -3.68. The standard InChI is InChI=1S/C18H21ClN2O4S/c1-12-5-6-14(9-13(12)2)20-18(22)11-21(26(4,23)24)15-7-8-17(25-3)16(19)10-15/h5-10H,11H2,1-4H3,(H,20,22). The number of benzene rings is 2. The number of aryl methyl sites for hydroxylation is 2. The van der Waals surface area contributed by atoms with E-state index in [1.807, 2.05) is 26.0 Å². The van der Waals surface area contributed by atoms with Crippen LogP contribution in [0.2, 0.25) is 5.02 Å². The van der Waals surface area contributed by atoms with Crippen molar-refractivity contribution in [2.75, 3.05) is 29.5 Å². The topological polar surface area (TPSA) is 75.7 Å². The molecule has 0 heterocycles. The zero-order chi connectivity index (χ0) is 19.5. The fraction of sp³-hybridized carbons (Fsp3) is 0.278. The van der Waals surface area contributed by atoms with Crippen molar-refractivity contribution in [1.82, 2.24) is 0 Å². The lowest BCUT2D eigenvalue weighted by atomic mass is 10.1. The molecule has 0 saturated heterocycles. The molecule has 8 heteroatoms. The Morgan fingerprint density at radius 2 is 1.85 bits per heavy atom. The van der Waals surface area contributed by atoms with Gasteiger partial charge in [0.25, 0.3) is 0 Å². The lowest BCUT2D eigenvalue weighted by Crippen LogP contribution is -2.37. The van der Waals surface area contributed by atoms with Gasteiger partial charge in [0.2, 0.25) is 15.9 Å². The molecule has 2 rings (SSSR count). The minimum absolute atomic E-state index is 0.258. The molecule has 2 aromatic carbocycles. The lowest BCUT2D eigenvalue weighted by molar-refractivity contribution is -0.114. The molecule has 0 aliphatic rings. The highest BCUT2D eigenvalue weighted by molar-refractivity contribution is 7.92. The van der Waals surface area contributed by atoms with Crippen LogP contribution in [0.3, 0.4) is 0 Å². The van der Waals surface area contributed by atoms with E-state index >= 15 is 0 Å². The number of sulfonamides is 1. The minimum Gasteiger partial charge on any atom is -0.495 e. The average molecular weight is 397 g/mol. The molecular weight excluding hydrogens is 376 g/mol. The molecule has 0 bridgehead atoms. The van der Waals surface area contributed by atoms with Gasteiger partial charge in [0.1, 0.15) is 12.3 Å². The summed E-state index contributed by atoms with van der Waals surface area (Å²) in [6, 6.07) is 10.0. The van der Waals surface area contributed by atoms with Gasteiger partial charge in [-0.2, -0.15) is 0 Å². The van der Waals surface area contributed by atoms with E-state index in [1.54, 1.807) is 12.1 Å². The first kappa shape index (κ1) is 20.1. The first-order valence-corrected chi connectivity index (χ1v) is 10.0. The zero-order valence-electron chi connectivity index (χ0n) is 15.0. The van der Waals surface area contributed by atoms with Gasteiger partial charge in [-0.25, -0.2) is 8.42 Å². The third-order valence-electron chi connectivity index (χ3n) is 3.90. The van der Waals surface area contributed by atoms with Gasteiger partial charge in [-0.3, -0.25) is 9.10 Å². The van der Waals surface area contributed by atoms with E-state index in [2.05, 4.69) is 5.32 Å².